The number of ether oxygens (including phenoxy) is 1. The Morgan fingerprint density at radius 1 is 1.54 bits per heavy atom. The highest BCUT2D eigenvalue weighted by Gasteiger charge is 2.04. The molecule has 0 unspecified atom stereocenters. The molecule has 1 aromatic rings. The number of pyridine rings is 1. The van der Waals surface area contributed by atoms with Gasteiger partial charge >= 0.3 is 0 Å². The first-order valence-electron chi connectivity index (χ1n) is 4.10. The van der Waals surface area contributed by atoms with Crippen LogP contribution in [0.15, 0.2) is 42.8 Å². The van der Waals surface area contributed by atoms with E-state index in [0.29, 0.717) is 0 Å². The topological polar surface area (TPSA) is 22.1 Å². The molecule has 0 N–H and O–H groups in total. The molecule has 13 heavy (non-hydrogen) atoms. The number of allylic oxidation sites excluding steroid dienone is 2. The fourth-order valence-corrected chi connectivity index (χ4v) is 1.08. The van der Waals surface area contributed by atoms with E-state index in [9.17, 15) is 0 Å². The van der Waals surface area contributed by atoms with Gasteiger partial charge < -0.3 is 4.74 Å². The zero-order chi connectivity index (χ0) is 9.68. The molecule has 0 aliphatic rings. The Bertz CT molecular complexity index is 314. The molecule has 1 heterocycles. The molecule has 68 valence electrons. The molecule has 1 rings (SSSR count). The maximum atomic E-state index is 5.14. The van der Waals surface area contributed by atoms with E-state index < -0.39 is 0 Å². The molecule has 1 aromatic heterocycles. The lowest BCUT2D eigenvalue weighted by atomic mass is 10.1. The second-order valence-corrected chi connectivity index (χ2v) is 2.55. The van der Waals surface area contributed by atoms with Crippen molar-refractivity contribution in [1.82, 2.24) is 4.98 Å². The van der Waals surface area contributed by atoms with Crippen LogP contribution in [0.3, 0.4) is 0 Å². The molecular formula is C11H13NO. The highest BCUT2D eigenvalue weighted by Crippen LogP contribution is 2.18. The molecule has 0 bridgehead atoms. The summed E-state index contributed by atoms with van der Waals surface area (Å²) in [5.41, 5.74) is 1.66. The number of aromatic nitrogens is 1. The minimum absolute atomic E-state index is 0.763. The maximum absolute atomic E-state index is 5.14. The first-order chi connectivity index (χ1) is 6.29. The predicted octanol–water partition coefficient (Wildman–Crippen LogP) is 2.65. The number of hydrogen-bond donors (Lipinski definition) is 0. The molecule has 0 atom stereocenters. The van der Waals surface area contributed by atoms with Crippen LogP contribution in [0.2, 0.25) is 0 Å². The molecule has 0 spiro atoms. The summed E-state index contributed by atoms with van der Waals surface area (Å²) >= 11 is 0. The Morgan fingerprint density at radius 2 is 2.31 bits per heavy atom. The van der Waals surface area contributed by atoms with Crippen LogP contribution >= 0.6 is 0 Å². The molecule has 0 saturated heterocycles. The summed E-state index contributed by atoms with van der Waals surface area (Å²) < 4.78 is 5.14. The zero-order valence-electron chi connectivity index (χ0n) is 7.95. The molecule has 2 nitrogen and oxygen atoms in total. The fraction of sp³-hybridized carbons (Fsp3) is 0.182. The minimum Gasteiger partial charge on any atom is -0.496 e. The van der Waals surface area contributed by atoms with Crippen LogP contribution < -0.4 is 0 Å². The predicted molar refractivity (Wildman–Crippen MR) is 54.0 cm³/mol. The Hall–Kier alpha value is -1.57. The van der Waals surface area contributed by atoms with Gasteiger partial charge in [0.05, 0.1) is 12.8 Å². The Balaban J connectivity index is 2.92. The van der Waals surface area contributed by atoms with Gasteiger partial charge in [-0.05, 0) is 25.1 Å². The third-order valence-electron chi connectivity index (χ3n) is 1.75. The van der Waals surface area contributed by atoms with Crippen molar-refractivity contribution in [2.24, 2.45) is 0 Å². The van der Waals surface area contributed by atoms with Crippen LogP contribution in [0.25, 0.3) is 5.57 Å². The summed E-state index contributed by atoms with van der Waals surface area (Å²) in [6.07, 6.45) is 3.61. The first-order valence-corrected chi connectivity index (χ1v) is 4.10. The Kier molecular flexibility index (Phi) is 3.26. The summed E-state index contributed by atoms with van der Waals surface area (Å²) in [5, 5.41) is 0. The van der Waals surface area contributed by atoms with Crippen molar-refractivity contribution in [3.05, 3.63) is 48.5 Å². The van der Waals surface area contributed by atoms with Crippen LogP contribution in [0, 0.1) is 0 Å². The smallest absolute Gasteiger partial charge is 0.123 e. The maximum Gasteiger partial charge on any atom is 0.123 e. The van der Waals surface area contributed by atoms with Crippen LogP contribution in [-0.4, -0.2) is 12.1 Å². The standard InChI is InChI=1S/C11H13NO/c1-4-11(13-3)9(2)10-7-5-6-8-12-10/h4-8H,2H2,1,3H3/b11-4+. The van der Waals surface area contributed by atoms with Gasteiger partial charge in [0.1, 0.15) is 5.76 Å². The van der Waals surface area contributed by atoms with E-state index in [-0.39, 0.29) is 0 Å². The quantitative estimate of drug-likeness (QED) is 0.520. The summed E-state index contributed by atoms with van der Waals surface area (Å²) in [6.45, 7) is 5.82. The summed E-state index contributed by atoms with van der Waals surface area (Å²) in [4.78, 5) is 4.18. The number of rotatable bonds is 3. The van der Waals surface area contributed by atoms with E-state index in [1.165, 1.54) is 0 Å². The van der Waals surface area contributed by atoms with Gasteiger partial charge in [0.25, 0.3) is 0 Å². The van der Waals surface area contributed by atoms with Gasteiger partial charge in [-0.2, -0.15) is 0 Å². The lowest BCUT2D eigenvalue weighted by Gasteiger charge is -2.07. The van der Waals surface area contributed by atoms with E-state index in [0.717, 1.165) is 17.0 Å². The monoisotopic (exact) mass is 175 g/mol. The van der Waals surface area contributed by atoms with E-state index in [4.69, 9.17) is 4.74 Å². The number of methoxy groups -OCH3 is 1. The molecule has 0 saturated carbocycles. The van der Waals surface area contributed by atoms with Gasteiger partial charge in [-0.25, -0.2) is 0 Å². The normalized spacial score (nSPS) is 11.1. The first kappa shape index (κ1) is 9.52. The van der Waals surface area contributed by atoms with Gasteiger partial charge in [-0.3, -0.25) is 4.98 Å². The third-order valence-corrected chi connectivity index (χ3v) is 1.75. The second-order valence-electron chi connectivity index (χ2n) is 2.55. The van der Waals surface area contributed by atoms with Crippen molar-refractivity contribution < 1.29 is 4.74 Å². The largest absolute Gasteiger partial charge is 0.496 e. The van der Waals surface area contributed by atoms with E-state index >= 15 is 0 Å². The lowest BCUT2D eigenvalue weighted by molar-refractivity contribution is 0.310. The molecule has 0 radical (unpaired) electrons. The van der Waals surface area contributed by atoms with Crippen LogP contribution in [0.1, 0.15) is 12.6 Å². The van der Waals surface area contributed by atoms with Crippen LogP contribution in [0.4, 0.5) is 0 Å². The fourth-order valence-electron chi connectivity index (χ4n) is 1.08. The summed E-state index contributed by atoms with van der Waals surface area (Å²) in [6, 6.07) is 5.71. The van der Waals surface area contributed by atoms with E-state index in [1.54, 1.807) is 13.3 Å². The molecule has 2 heteroatoms. The van der Waals surface area contributed by atoms with Crippen LogP contribution in [-0.2, 0) is 4.74 Å². The van der Waals surface area contributed by atoms with Crippen molar-refractivity contribution in [1.29, 1.82) is 0 Å². The van der Waals surface area contributed by atoms with E-state index in [2.05, 4.69) is 11.6 Å². The Morgan fingerprint density at radius 3 is 2.77 bits per heavy atom. The number of hydrogen-bond acceptors (Lipinski definition) is 2. The van der Waals surface area contributed by atoms with Crippen molar-refractivity contribution in [2.75, 3.05) is 7.11 Å². The molecule has 0 fully saturated rings. The average molecular weight is 175 g/mol. The van der Waals surface area contributed by atoms with Crippen molar-refractivity contribution in [3.8, 4) is 0 Å². The van der Waals surface area contributed by atoms with Gasteiger partial charge in [0, 0.05) is 11.8 Å². The minimum atomic E-state index is 0.763. The van der Waals surface area contributed by atoms with Crippen molar-refractivity contribution in [2.45, 2.75) is 6.92 Å². The second kappa shape index (κ2) is 4.45. The van der Waals surface area contributed by atoms with Crippen molar-refractivity contribution >= 4 is 5.57 Å². The van der Waals surface area contributed by atoms with Gasteiger partial charge in [-0.15, -0.1) is 0 Å². The highest BCUT2D eigenvalue weighted by atomic mass is 16.5. The summed E-state index contributed by atoms with van der Waals surface area (Å²) in [5.74, 6) is 0.763. The molecule has 0 aliphatic carbocycles. The van der Waals surface area contributed by atoms with Gasteiger partial charge in [0.2, 0.25) is 0 Å². The van der Waals surface area contributed by atoms with E-state index in [1.807, 2.05) is 31.2 Å². The average Bonchev–Trinajstić information content (AvgIpc) is 2.21. The SMILES string of the molecule is C=C(/C(=C\C)OC)c1ccccn1. The molecule has 0 amide bonds. The van der Waals surface area contributed by atoms with Crippen molar-refractivity contribution in [3.63, 3.8) is 0 Å². The van der Waals surface area contributed by atoms with Gasteiger partial charge in [0.15, 0.2) is 0 Å². The molecular weight excluding hydrogens is 162 g/mol. The highest BCUT2D eigenvalue weighted by molar-refractivity contribution is 5.72. The number of nitrogens with zero attached hydrogens (tertiary/aromatic N) is 1. The molecule has 0 aliphatic heterocycles. The zero-order valence-corrected chi connectivity index (χ0v) is 7.95. The Labute approximate surface area is 78.6 Å². The van der Waals surface area contributed by atoms with Gasteiger partial charge in [-0.1, -0.05) is 12.6 Å². The lowest BCUT2D eigenvalue weighted by Crippen LogP contribution is -1.92. The third kappa shape index (κ3) is 2.18. The summed E-state index contributed by atoms with van der Waals surface area (Å²) in [7, 11) is 1.63. The molecule has 0 aromatic carbocycles. The van der Waals surface area contributed by atoms with Crippen LogP contribution in [0.5, 0.6) is 0 Å².